The topological polar surface area (TPSA) is 59.3 Å². The van der Waals surface area contributed by atoms with E-state index in [1.807, 2.05) is 79.9 Å². The molecule has 0 atom stereocenters. The van der Waals surface area contributed by atoms with Crippen LogP contribution in [-0.2, 0) is 11.2 Å². The number of nitrogens with one attached hydrogen (secondary N) is 1. The number of aromatic nitrogens is 3. The summed E-state index contributed by atoms with van der Waals surface area (Å²) in [4.78, 5) is 17.2. The lowest BCUT2D eigenvalue weighted by Crippen LogP contribution is -2.15. The first-order chi connectivity index (χ1) is 14.4. The maximum Gasteiger partial charge on any atom is 0.224 e. The van der Waals surface area contributed by atoms with Crippen LogP contribution in [-0.4, -0.2) is 20.5 Å². The van der Waals surface area contributed by atoms with Crippen LogP contribution >= 0.6 is 11.6 Å². The molecule has 0 saturated carbocycles. The van der Waals surface area contributed by atoms with E-state index in [1.165, 1.54) is 0 Å². The fraction of sp³-hybridized carbons (Fsp3) is 0.208. The van der Waals surface area contributed by atoms with E-state index in [4.69, 9.17) is 21.7 Å². The summed E-state index contributed by atoms with van der Waals surface area (Å²) in [6.07, 6.45) is 0.945. The highest BCUT2D eigenvalue weighted by molar-refractivity contribution is 6.31. The molecular formula is C24H23ClN4O. The molecule has 1 N–H and O–H groups in total. The normalized spacial score (nSPS) is 11.1. The van der Waals surface area contributed by atoms with E-state index < -0.39 is 0 Å². The van der Waals surface area contributed by atoms with E-state index in [0.29, 0.717) is 17.9 Å². The molecule has 0 aliphatic carbocycles. The second-order valence-electron chi connectivity index (χ2n) is 7.39. The summed E-state index contributed by atoms with van der Waals surface area (Å²) in [7, 11) is 0. The third kappa shape index (κ3) is 3.94. The fourth-order valence-corrected chi connectivity index (χ4v) is 3.81. The van der Waals surface area contributed by atoms with Crippen molar-refractivity contribution in [2.45, 2.75) is 33.6 Å². The standard InChI is InChI=1S/C24H23ClN4O/c1-15-20(25)10-7-11-21(15)27-24(30)13-12-19-16(2)26-23-14-22(28-29(23)17(19)3)18-8-5-4-6-9-18/h4-11,14H,12-13H2,1-3H3,(H,27,30). The van der Waals surface area contributed by atoms with Gasteiger partial charge in [-0.15, -0.1) is 0 Å². The van der Waals surface area contributed by atoms with E-state index in [-0.39, 0.29) is 5.91 Å². The number of carbonyl (C=O) groups is 1. The average molecular weight is 419 g/mol. The van der Waals surface area contributed by atoms with Crippen LogP contribution in [0.3, 0.4) is 0 Å². The number of halogens is 1. The Kier molecular flexibility index (Phi) is 5.55. The smallest absolute Gasteiger partial charge is 0.224 e. The fourth-order valence-electron chi connectivity index (χ4n) is 3.63. The molecule has 0 fully saturated rings. The predicted molar refractivity (Wildman–Crippen MR) is 121 cm³/mol. The van der Waals surface area contributed by atoms with Crippen molar-refractivity contribution in [3.05, 3.63) is 82.1 Å². The summed E-state index contributed by atoms with van der Waals surface area (Å²) >= 11 is 6.14. The van der Waals surface area contributed by atoms with Gasteiger partial charge in [-0.2, -0.15) is 5.10 Å². The molecule has 0 aliphatic rings. The van der Waals surface area contributed by atoms with E-state index in [1.54, 1.807) is 0 Å². The van der Waals surface area contributed by atoms with E-state index in [2.05, 4.69) is 5.32 Å². The van der Waals surface area contributed by atoms with Crippen LogP contribution in [0.2, 0.25) is 5.02 Å². The number of fused-ring (bicyclic) bond motifs is 1. The van der Waals surface area contributed by atoms with Crippen molar-refractivity contribution >= 4 is 28.8 Å². The number of aryl methyl sites for hydroxylation is 2. The monoisotopic (exact) mass is 418 g/mol. The summed E-state index contributed by atoms with van der Waals surface area (Å²) in [5.74, 6) is -0.0512. The molecule has 0 unspecified atom stereocenters. The van der Waals surface area contributed by atoms with Crippen LogP contribution < -0.4 is 5.32 Å². The third-order valence-electron chi connectivity index (χ3n) is 5.38. The van der Waals surface area contributed by atoms with Gasteiger partial charge in [0.2, 0.25) is 5.91 Å². The number of carbonyl (C=O) groups excluding carboxylic acids is 1. The van der Waals surface area contributed by atoms with Gasteiger partial charge in [-0.05, 0) is 50.5 Å². The summed E-state index contributed by atoms with van der Waals surface area (Å²) in [5, 5.41) is 8.34. The number of amides is 1. The Morgan fingerprint density at radius 1 is 1.07 bits per heavy atom. The Morgan fingerprint density at radius 2 is 1.83 bits per heavy atom. The molecule has 2 aromatic carbocycles. The highest BCUT2D eigenvalue weighted by Crippen LogP contribution is 2.24. The summed E-state index contributed by atoms with van der Waals surface area (Å²) in [6, 6.07) is 17.5. The number of benzene rings is 2. The lowest BCUT2D eigenvalue weighted by atomic mass is 10.1. The molecule has 0 aliphatic heterocycles. The molecule has 4 rings (SSSR count). The first-order valence-corrected chi connectivity index (χ1v) is 10.3. The van der Waals surface area contributed by atoms with Crippen molar-refractivity contribution in [3.63, 3.8) is 0 Å². The van der Waals surface area contributed by atoms with Gasteiger partial charge in [0.15, 0.2) is 5.65 Å². The summed E-state index contributed by atoms with van der Waals surface area (Å²) < 4.78 is 1.86. The zero-order chi connectivity index (χ0) is 21.3. The molecule has 2 aromatic heterocycles. The third-order valence-corrected chi connectivity index (χ3v) is 5.79. The van der Waals surface area contributed by atoms with Gasteiger partial charge in [0.1, 0.15) is 0 Å². The van der Waals surface area contributed by atoms with Gasteiger partial charge in [0.05, 0.1) is 5.69 Å². The second-order valence-corrected chi connectivity index (χ2v) is 7.79. The molecule has 4 aromatic rings. The quantitative estimate of drug-likeness (QED) is 0.462. The van der Waals surface area contributed by atoms with Crippen LogP contribution in [0, 0.1) is 20.8 Å². The zero-order valence-corrected chi connectivity index (χ0v) is 18.0. The van der Waals surface area contributed by atoms with Crippen molar-refractivity contribution in [2.75, 3.05) is 5.32 Å². The van der Waals surface area contributed by atoms with Gasteiger partial charge in [0.25, 0.3) is 0 Å². The number of anilines is 1. The number of hydrogen-bond donors (Lipinski definition) is 1. The Labute approximate surface area is 180 Å². The summed E-state index contributed by atoms with van der Waals surface area (Å²) in [6.45, 7) is 5.90. The second kappa shape index (κ2) is 8.28. The maximum absolute atomic E-state index is 12.5. The zero-order valence-electron chi connectivity index (χ0n) is 17.2. The van der Waals surface area contributed by atoms with Gasteiger partial charge in [-0.3, -0.25) is 4.79 Å². The molecule has 0 radical (unpaired) electrons. The molecule has 6 heteroatoms. The summed E-state index contributed by atoms with van der Waals surface area (Å²) in [5.41, 5.74) is 7.34. The first kappa shape index (κ1) is 20.1. The van der Waals surface area contributed by atoms with Crippen molar-refractivity contribution in [2.24, 2.45) is 0 Å². The van der Waals surface area contributed by atoms with E-state index >= 15 is 0 Å². The highest BCUT2D eigenvalue weighted by Gasteiger charge is 2.15. The van der Waals surface area contributed by atoms with Crippen LogP contribution in [0.15, 0.2) is 54.6 Å². The van der Waals surface area contributed by atoms with Crippen molar-refractivity contribution in [1.29, 1.82) is 0 Å². The largest absolute Gasteiger partial charge is 0.326 e. The van der Waals surface area contributed by atoms with Gasteiger partial charge < -0.3 is 5.32 Å². The van der Waals surface area contributed by atoms with Crippen LogP contribution in [0.1, 0.15) is 28.9 Å². The number of nitrogens with zero attached hydrogens (tertiary/aromatic N) is 3. The van der Waals surface area contributed by atoms with Crippen molar-refractivity contribution in [1.82, 2.24) is 14.6 Å². The van der Waals surface area contributed by atoms with Crippen LogP contribution in [0.4, 0.5) is 5.69 Å². The minimum Gasteiger partial charge on any atom is -0.326 e. The Balaban J connectivity index is 1.55. The molecular weight excluding hydrogens is 396 g/mol. The average Bonchev–Trinajstić information content (AvgIpc) is 3.16. The SMILES string of the molecule is Cc1nc2cc(-c3ccccc3)nn2c(C)c1CCC(=O)Nc1cccc(Cl)c1C. The lowest BCUT2D eigenvalue weighted by molar-refractivity contribution is -0.116. The predicted octanol–water partition coefficient (Wildman–Crippen LogP) is 5.55. The lowest BCUT2D eigenvalue weighted by Gasteiger charge is -2.12. The Morgan fingerprint density at radius 3 is 2.60 bits per heavy atom. The molecule has 0 bridgehead atoms. The molecule has 0 spiro atoms. The first-order valence-electron chi connectivity index (χ1n) is 9.90. The van der Waals surface area contributed by atoms with E-state index in [9.17, 15) is 4.79 Å². The van der Waals surface area contributed by atoms with Gasteiger partial charge in [-0.25, -0.2) is 9.50 Å². The molecule has 0 saturated heterocycles. The molecule has 152 valence electrons. The Bertz CT molecular complexity index is 1230. The number of hydrogen-bond acceptors (Lipinski definition) is 3. The van der Waals surface area contributed by atoms with Crippen molar-refractivity contribution in [3.8, 4) is 11.3 Å². The molecule has 30 heavy (non-hydrogen) atoms. The minimum absolute atomic E-state index is 0.0512. The number of rotatable bonds is 5. The molecule has 2 heterocycles. The Hall–Kier alpha value is -3.18. The van der Waals surface area contributed by atoms with Gasteiger partial charge in [0, 0.05) is 40.1 Å². The van der Waals surface area contributed by atoms with Gasteiger partial charge >= 0.3 is 0 Å². The molecule has 5 nitrogen and oxygen atoms in total. The molecule has 1 amide bonds. The van der Waals surface area contributed by atoms with Crippen LogP contribution in [0.25, 0.3) is 16.9 Å². The minimum atomic E-state index is -0.0512. The van der Waals surface area contributed by atoms with Crippen molar-refractivity contribution < 1.29 is 4.79 Å². The van der Waals surface area contributed by atoms with Gasteiger partial charge in [-0.1, -0.05) is 48.0 Å². The van der Waals surface area contributed by atoms with Crippen LogP contribution in [0.5, 0.6) is 0 Å². The van der Waals surface area contributed by atoms with E-state index in [0.717, 1.165) is 45.1 Å². The maximum atomic E-state index is 12.5. The highest BCUT2D eigenvalue weighted by atomic mass is 35.5.